The minimum Gasteiger partial charge on any atom is -0.545 e. The molecule has 0 bridgehead atoms. The highest BCUT2D eigenvalue weighted by Crippen LogP contribution is 2.35. The molecule has 1 aromatic carbocycles. The zero-order valence-corrected chi connectivity index (χ0v) is 8.91. The van der Waals surface area contributed by atoms with Gasteiger partial charge in [-0.25, -0.2) is 0 Å². The zero-order valence-electron chi connectivity index (χ0n) is 8.91. The van der Waals surface area contributed by atoms with E-state index in [0.717, 1.165) is 25.1 Å². The number of halogens is 3. The second-order valence-corrected chi connectivity index (χ2v) is 3.06. The predicted molar refractivity (Wildman–Crippen MR) is 48.8 cm³/mol. The number of aromatic carboxylic acids is 1. The van der Waals surface area contributed by atoms with Crippen LogP contribution in [0.4, 0.5) is 13.2 Å². The standard InChI is InChI=1S/C10H7F3O5/c1-5(14)17-7-4-2-3-6(9(15)16)8(7)18-10(11,12)13/h2-4H,1H3,(H,15,16)/p-1. The minimum atomic E-state index is -5.12. The summed E-state index contributed by atoms with van der Waals surface area (Å²) in [6.07, 6.45) is -5.12. The molecule has 0 heterocycles. The molecule has 0 saturated carbocycles. The molecule has 0 fully saturated rings. The molecule has 0 aliphatic carbocycles. The van der Waals surface area contributed by atoms with Gasteiger partial charge < -0.3 is 19.4 Å². The van der Waals surface area contributed by atoms with Gasteiger partial charge in [-0.1, -0.05) is 6.07 Å². The van der Waals surface area contributed by atoms with Gasteiger partial charge in [0.2, 0.25) is 0 Å². The maximum absolute atomic E-state index is 12.1. The van der Waals surface area contributed by atoms with Gasteiger partial charge in [-0.15, -0.1) is 13.2 Å². The van der Waals surface area contributed by atoms with E-state index in [2.05, 4.69) is 9.47 Å². The van der Waals surface area contributed by atoms with Crippen molar-refractivity contribution in [2.45, 2.75) is 13.3 Å². The largest absolute Gasteiger partial charge is 0.573 e. The van der Waals surface area contributed by atoms with Gasteiger partial charge in [-0.05, 0) is 12.1 Å². The summed E-state index contributed by atoms with van der Waals surface area (Å²) in [5.74, 6) is -4.58. The van der Waals surface area contributed by atoms with Crippen molar-refractivity contribution in [3.63, 3.8) is 0 Å². The van der Waals surface area contributed by atoms with Crippen LogP contribution in [0.1, 0.15) is 17.3 Å². The molecule has 0 radical (unpaired) electrons. The van der Waals surface area contributed by atoms with Crippen LogP contribution in [-0.2, 0) is 4.79 Å². The van der Waals surface area contributed by atoms with Gasteiger partial charge >= 0.3 is 12.3 Å². The number of alkyl halides is 3. The number of benzene rings is 1. The van der Waals surface area contributed by atoms with Crippen LogP contribution in [0, 0.1) is 0 Å². The lowest BCUT2D eigenvalue weighted by atomic mass is 10.2. The van der Waals surface area contributed by atoms with E-state index in [4.69, 9.17) is 0 Å². The molecule has 0 atom stereocenters. The molecule has 0 aliphatic heterocycles. The molecule has 0 aromatic heterocycles. The first-order chi connectivity index (χ1) is 8.20. The Labute approximate surface area is 98.7 Å². The van der Waals surface area contributed by atoms with Crippen LogP contribution in [0.5, 0.6) is 11.5 Å². The third-order valence-electron chi connectivity index (χ3n) is 1.67. The normalized spacial score (nSPS) is 10.9. The number of ether oxygens (including phenoxy) is 2. The Morgan fingerprint density at radius 2 is 1.89 bits per heavy atom. The first-order valence-electron chi connectivity index (χ1n) is 4.49. The first kappa shape index (κ1) is 13.8. The summed E-state index contributed by atoms with van der Waals surface area (Å²) in [4.78, 5) is 21.3. The van der Waals surface area contributed by atoms with E-state index in [0.29, 0.717) is 0 Å². The van der Waals surface area contributed by atoms with Gasteiger partial charge in [0.25, 0.3) is 0 Å². The maximum Gasteiger partial charge on any atom is 0.573 e. The second-order valence-electron chi connectivity index (χ2n) is 3.06. The molecule has 0 saturated heterocycles. The Morgan fingerprint density at radius 3 is 2.33 bits per heavy atom. The van der Waals surface area contributed by atoms with Crippen molar-refractivity contribution in [1.29, 1.82) is 0 Å². The third-order valence-corrected chi connectivity index (χ3v) is 1.67. The molecule has 0 N–H and O–H groups in total. The fraction of sp³-hybridized carbons (Fsp3) is 0.200. The van der Waals surface area contributed by atoms with E-state index in [-0.39, 0.29) is 0 Å². The average Bonchev–Trinajstić information content (AvgIpc) is 2.17. The van der Waals surface area contributed by atoms with Gasteiger partial charge in [-0.2, -0.15) is 0 Å². The Balaban J connectivity index is 3.29. The second kappa shape index (κ2) is 4.94. The molecule has 8 heteroatoms. The fourth-order valence-electron chi connectivity index (χ4n) is 1.13. The number of carbonyl (C=O) groups is 2. The third kappa shape index (κ3) is 3.65. The molecular formula is C10H6F3O5-. The molecule has 0 aliphatic rings. The smallest absolute Gasteiger partial charge is 0.545 e. The van der Waals surface area contributed by atoms with E-state index < -0.39 is 35.4 Å². The van der Waals surface area contributed by atoms with Gasteiger partial charge in [0.1, 0.15) is 0 Å². The number of rotatable bonds is 3. The van der Waals surface area contributed by atoms with Crippen LogP contribution in [0.15, 0.2) is 18.2 Å². The highest BCUT2D eigenvalue weighted by atomic mass is 19.4. The molecule has 98 valence electrons. The lowest BCUT2D eigenvalue weighted by Crippen LogP contribution is -2.26. The van der Waals surface area contributed by atoms with Crippen molar-refractivity contribution in [3.05, 3.63) is 23.8 Å². The maximum atomic E-state index is 12.1. The Bertz CT molecular complexity index is 481. The first-order valence-corrected chi connectivity index (χ1v) is 4.49. The Morgan fingerprint density at radius 1 is 1.28 bits per heavy atom. The SMILES string of the molecule is CC(=O)Oc1cccc(C(=O)[O-])c1OC(F)(F)F. The number of esters is 1. The van der Waals surface area contributed by atoms with Gasteiger partial charge in [-0.3, -0.25) is 4.79 Å². The summed E-state index contributed by atoms with van der Waals surface area (Å²) in [5, 5.41) is 10.6. The molecular weight excluding hydrogens is 257 g/mol. The van der Waals surface area contributed by atoms with Crippen molar-refractivity contribution < 1.29 is 37.3 Å². The van der Waals surface area contributed by atoms with E-state index in [9.17, 15) is 27.9 Å². The number of hydrogen-bond donors (Lipinski definition) is 0. The molecule has 18 heavy (non-hydrogen) atoms. The monoisotopic (exact) mass is 263 g/mol. The van der Waals surface area contributed by atoms with E-state index >= 15 is 0 Å². The van der Waals surface area contributed by atoms with Crippen LogP contribution in [0.3, 0.4) is 0 Å². The number of carboxylic acid groups (broad SMARTS) is 1. The summed E-state index contributed by atoms with van der Waals surface area (Å²) >= 11 is 0. The van der Waals surface area contributed by atoms with Gasteiger partial charge in [0, 0.05) is 12.5 Å². The number of carbonyl (C=O) groups excluding carboxylic acids is 2. The van der Waals surface area contributed by atoms with Gasteiger partial charge in [0.15, 0.2) is 11.5 Å². The molecule has 0 amide bonds. The topological polar surface area (TPSA) is 75.7 Å². The summed E-state index contributed by atoms with van der Waals surface area (Å²) in [5.41, 5.74) is -0.869. The van der Waals surface area contributed by atoms with Crippen LogP contribution < -0.4 is 14.6 Å². The fourth-order valence-corrected chi connectivity index (χ4v) is 1.13. The number of hydrogen-bond acceptors (Lipinski definition) is 5. The number of para-hydroxylation sites is 1. The Hall–Kier alpha value is -2.25. The average molecular weight is 263 g/mol. The molecule has 0 spiro atoms. The van der Waals surface area contributed by atoms with Crippen molar-refractivity contribution in [3.8, 4) is 11.5 Å². The summed E-state index contributed by atoms with van der Waals surface area (Å²) in [6.45, 7) is 0.947. The van der Waals surface area contributed by atoms with Crippen molar-refractivity contribution in [2.75, 3.05) is 0 Å². The minimum absolute atomic E-state index is 0.651. The summed E-state index contributed by atoms with van der Waals surface area (Å²) in [6, 6.07) is 2.89. The van der Waals surface area contributed by atoms with E-state index in [1.165, 1.54) is 0 Å². The lowest BCUT2D eigenvalue weighted by Gasteiger charge is -2.16. The predicted octanol–water partition coefficient (Wildman–Crippen LogP) is 0.874. The highest BCUT2D eigenvalue weighted by molar-refractivity contribution is 5.90. The van der Waals surface area contributed by atoms with Crippen molar-refractivity contribution >= 4 is 11.9 Å². The van der Waals surface area contributed by atoms with Crippen LogP contribution >= 0.6 is 0 Å². The van der Waals surface area contributed by atoms with Gasteiger partial charge in [0.05, 0.1) is 5.97 Å². The molecule has 5 nitrogen and oxygen atoms in total. The van der Waals surface area contributed by atoms with E-state index in [1.54, 1.807) is 0 Å². The quantitative estimate of drug-likeness (QED) is 0.597. The molecule has 0 unspecified atom stereocenters. The number of carboxylic acids is 1. The van der Waals surface area contributed by atoms with Crippen molar-refractivity contribution in [1.82, 2.24) is 0 Å². The lowest BCUT2D eigenvalue weighted by molar-refractivity contribution is -0.276. The summed E-state index contributed by atoms with van der Waals surface area (Å²) < 4.78 is 44.3. The molecule has 1 rings (SSSR count). The zero-order chi connectivity index (χ0) is 13.9. The summed E-state index contributed by atoms with van der Waals surface area (Å²) in [7, 11) is 0. The van der Waals surface area contributed by atoms with Crippen LogP contribution in [0.2, 0.25) is 0 Å². The highest BCUT2D eigenvalue weighted by Gasteiger charge is 2.34. The Kier molecular flexibility index (Phi) is 3.79. The van der Waals surface area contributed by atoms with Crippen LogP contribution in [-0.4, -0.2) is 18.3 Å². The van der Waals surface area contributed by atoms with Crippen LogP contribution in [0.25, 0.3) is 0 Å². The molecule has 1 aromatic rings. The van der Waals surface area contributed by atoms with Crippen molar-refractivity contribution in [2.24, 2.45) is 0 Å². The van der Waals surface area contributed by atoms with E-state index in [1.807, 2.05) is 0 Å².